The van der Waals surface area contributed by atoms with Gasteiger partial charge in [-0.15, -0.1) is 0 Å². The van der Waals surface area contributed by atoms with Crippen molar-refractivity contribution in [3.63, 3.8) is 0 Å². The Labute approximate surface area is 110 Å². The van der Waals surface area contributed by atoms with Crippen LogP contribution in [0.25, 0.3) is 0 Å². The number of anilines is 1. The Bertz CT molecular complexity index is 343. The second-order valence-electron chi connectivity index (χ2n) is 5.23. The van der Waals surface area contributed by atoms with E-state index in [1.165, 1.54) is 24.9 Å². The predicted molar refractivity (Wildman–Crippen MR) is 74.9 cm³/mol. The summed E-state index contributed by atoms with van der Waals surface area (Å²) < 4.78 is 0. The predicted octanol–water partition coefficient (Wildman–Crippen LogP) is 1.86. The van der Waals surface area contributed by atoms with Crippen molar-refractivity contribution in [1.29, 1.82) is 0 Å². The highest BCUT2D eigenvalue weighted by Crippen LogP contribution is 2.14. The summed E-state index contributed by atoms with van der Waals surface area (Å²) in [6, 6.07) is 0. The third-order valence-corrected chi connectivity index (χ3v) is 3.50. The number of hydrogen-bond donors (Lipinski definition) is 1. The van der Waals surface area contributed by atoms with Crippen LogP contribution in [-0.2, 0) is 6.42 Å². The van der Waals surface area contributed by atoms with Crippen molar-refractivity contribution in [1.82, 2.24) is 15.3 Å². The molecular weight excluding hydrogens is 224 g/mol. The molecule has 1 aliphatic heterocycles. The van der Waals surface area contributed by atoms with Crippen molar-refractivity contribution in [2.45, 2.75) is 32.6 Å². The number of hydrogen-bond acceptors (Lipinski definition) is 4. The number of aryl methyl sites for hydroxylation is 1. The van der Waals surface area contributed by atoms with Gasteiger partial charge in [-0.1, -0.05) is 13.3 Å². The highest BCUT2D eigenvalue weighted by Gasteiger charge is 2.16. The summed E-state index contributed by atoms with van der Waals surface area (Å²) in [6.07, 6.45) is 8.73. The Balaban J connectivity index is 1.89. The van der Waals surface area contributed by atoms with Crippen molar-refractivity contribution in [3.05, 3.63) is 18.0 Å². The average Bonchev–Trinajstić information content (AvgIpc) is 2.41. The highest BCUT2D eigenvalue weighted by atomic mass is 15.2. The van der Waals surface area contributed by atoms with Crippen LogP contribution in [0.5, 0.6) is 0 Å². The van der Waals surface area contributed by atoms with Gasteiger partial charge in [0.2, 0.25) is 5.95 Å². The summed E-state index contributed by atoms with van der Waals surface area (Å²) in [5.41, 5.74) is 1.23. The molecule has 2 rings (SSSR count). The maximum atomic E-state index is 4.46. The molecule has 0 aliphatic carbocycles. The van der Waals surface area contributed by atoms with E-state index >= 15 is 0 Å². The minimum atomic E-state index is 0.725. The van der Waals surface area contributed by atoms with Crippen molar-refractivity contribution < 1.29 is 0 Å². The van der Waals surface area contributed by atoms with Gasteiger partial charge in [-0.05, 0) is 43.8 Å². The lowest BCUT2D eigenvalue weighted by atomic mass is 9.99. The van der Waals surface area contributed by atoms with Gasteiger partial charge in [0, 0.05) is 26.0 Å². The second kappa shape index (κ2) is 6.69. The average molecular weight is 248 g/mol. The van der Waals surface area contributed by atoms with Gasteiger partial charge in [0.05, 0.1) is 0 Å². The molecule has 0 amide bonds. The zero-order valence-electron chi connectivity index (χ0n) is 11.5. The molecule has 1 saturated heterocycles. The minimum Gasteiger partial charge on any atom is -0.344 e. The largest absolute Gasteiger partial charge is 0.344 e. The van der Waals surface area contributed by atoms with Crippen molar-refractivity contribution in [3.8, 4) is 0 Å². The van der Waals surface area contributed by atoms with Crippen LogP contribution >= 0.6 is 0 Å². The summed E-state index contributed by atoms with van der Waals surface area (Å²) in [5.74, 6) is 1.57. The molecule has 4 heteroatoms. The first-order chi connectivity index (χ1) is 8.79. The van der Waals surface area contributed by atoms with Gasteiger partial charge >= 0.3 is 0 Å². The van der Waals surface area contributed by atoms with E-state index in [0.717, 1.165) is 37.8 Å². The zero-order valence-corrected chi connectivity index (χ0v) is 11.5. The van der Waals surface area contributed by atoms with Gasteiger partial charge < -0.3 is 10.2 Å². The summed E-state index contributed by atoms with van der Waals surface area (Å²) in [6.45, 7) is 5.51. The molecule has 4 nitrogen and oxygen atoms in total. The summed E-state index contributed by atoms with van der Waals surface area (Å²) in [4.78, 5) is 11.1. The van der Waals surface area contributed by atoms with Gasteiger partial charge in [0.15, 0.2) is 0 Å². The number of rotatable bonds is 5. The number of nitrogens with zero attached hydrogens (tertiary/aromatic N) is 3. The van der Waals surface area contributed by atoms with Crippen LogP contribution in [0.3, 0.4) is 0 Å². The Morgan fingerprint density at radius 3 is 2.78 bits per heavy atom. The number of piperidine rings is 1. The van der Waals surface area contributed by atoms with Crippen LogP contribution in [0.1, 0.15) is 31.7 Å². The van der Waals surface area contributed by atoms with E-state index in [1.807, 2.05) is 12.4 Å². The van der Waals surface area contributed by atoms with Crippen LogP contribution in [0, 0.1) is 5.92 Å². The Morgan fingerprint density at radius 2 is 2.17 bits per heavy atom. The summed E-state index contributed by atoms with van der Waals surface area (Å²) in [5, 5.41) is 3.45. The molecule has 1 atom stereocenters. The van der Waals surface area contributed by atoms with Gasteiger partial charge in [-0.25, -0.2) is 9.97 Å². The molecular formula is C14H24N4. The van der Waals surface area contributed by atoms with Crippen molar-refractivity contribution >= 4 is 5.95 Å². The fourth-order valence-corrected chi connectivity index (χ4v) is 2.51. The molecule has 1 aromatic rings. The first-order valence-electron chi connectivity index (χ1n) is 7.02. The molecule has 0 aromatic carbocycles. The molecule has 0 spiro atoms. The van der Waals surface area contributed by atoms with E-state index in [-0.39, 0.29) is 0 Å². The van der Waals surface area contributed by atoms with Crippen LogP contribution < -0.4 is 10.2 Å². The maximum Gasteiger partial charge on any atom is 0.225 e. The molecule has 1 fully saturated rings. The van der Waals surface area contributed by atoms with Crippen LogP contribution in [0.15, 0.2) is 12.4 Å². The first kappa shape index (κ1) is 13.3. The molecule has 0 radical (unpaired) electrons. The lowest BCUT2D eigenvalue weighted by Crippen LogP contribution is -2.37. The Kier molecular flexibility index (Phi) is 4.93. The molecule has 0 saturated carbocycles. The van der Waals surface area contributed by atoms with E-state index < -0.39 is 0 Å². The van der Waals surface area contributed by atoms with E-state index in [4.69, 9.17) is 0 Å². The second-order valence-corrected chi connectivity index (χ2v) is 5.23. The minimum absolute atomic E-state index is 0.725. The molecule has 1 aliphatic rings. The molecule has 100 valence electrons. The normalized spacial score (nSPS) is 19.8. The molecule has 1 N–H and O–H groups in total. The SMILES string of the molecule is CCCc1cnc(N(C)CC2CCCNC2)nc1. The molecule has 18 heavy (non-hydrogen) atoms. The molecule has 0 bridgehead atoms. The fraction of sp³-hybridized carbons (Fsp3) is 0.714. The maximum absolute atomic E-state index is 4.46. The van der Waals surface area contributed by atoms with Crippen molar-refractivity contribution in [2.24, 2.45) is 5.92 Å². The van der Waals surface area contributed by atoms with E-state index in [2.05, 4.69) is 34.2 Å². The first-order valence-corrected chi connectivity index (χ1v) is 7.02. The number of aromatic nitrogens is 2. The van der Waals surface area contributed by atoms with Gasteiger partial charge in [-0.2, -0.15) is 0 Å². The quantitative estimate of drug-likeness (QED) is 0.863. The van der Waals surface area contributed by atoms with Gasteiger partial charge in [0.25, 0.3) is 0 Å². The summed E-state index contributed by atoms with van der Waals surface area (Å²) in [7, 11) is 2.09. The highest BCUT2D eigenvalue weighted by molar-refractivity contribution is 5.28. The van der Waals surface area contributed by atoms with E-state index in [1.54, 1.807) is 0 Å². The third kappa shape index (κ3) is 3.67. The van der Waals surface area contributed by atoms with E-state index in [0.29, 0.717) is 0 Å². The topological polar surface area (TPSA) is 41.1 Å². The van der Waals surface area contributed by atoms with Crippen LogP contribution in [-0.4, -0.2) is 36.6 Å². The van der Waals surface area contributed by atoms with Crippen LogP contribution in [0.2, 0.25) is 0 Å². The van der Waals surface area contributed by atoms with E-state index in [9.17, 15) is 0 Å². The lowest BCUT2D eigenvalue weighted by Gasteiger charge is -2.27. The third-order valence-electron chi connectivity index (χ3n) is 3.50. The van der Waals surface area contributed by atoms with Gasteiger partial charge in [-0.3, -0.25) is 0 Å². The lowest BCUT2D eigenvalue weighted by molar-refractivity contribution is 0.380. The van der Waals surface area contributed by atoms with Gasteiger partial charge in [0.1, 0.15) is 0 Å². The smallest absolute Gasteiger partial charge is 0.225 e. The monoisotopic (exact) mass is 248 g/mol. The zero-order chi connectivity index (χ0) is 12.8. The molecule has 1 aromatic heterocycles. The standard InChI is InChI=1S/C14H24N4/c1-3-5-12-9-16-14(17-10-12)18(2)11-13-6-4-7-15-8-13/h9-10,13,15H,3-8,11H2,1-2H3. The van der Waals surface area contributed by atoms with Crippen molar-refractivity contribution in [2.75, 3.05) is 31.6 Å². The molecule has 1 unspecified atom stereocenters. The molecule has 2 heterocycles. The fourth-order valence-electron chi connectivity index (χ4n) is 2.51. The number of nitrogens with one attached hydrogen (secondary N) is 1. The Morgan fingerprint density at radius 1 is 1.39 bits per heavy atom. The summed E-state index contributed by atoms with van der Waals surface area (Å²) >= 11 is 0. The van der Waals surface area contributed by atoms with Crippen LogP contribution in [0.4, 0.5) is 5.95 Å². The Hall–Kier alpha value is -1.16.